The van der Waals surface area contributed by atoms with Crippen LogP contribution in [0.4, 0.5) is 0 Å². The van der Waals surface area contributed by atoms with Gasteiger partial charge in [-0.1, -0.05) is 46.8 Å². The number of rotatable bonds is 10. The van der Waals surface area contributed by atoms with E-state index in [1.807, 2.05) is 30.3 Å². The van der Waals surface area contributed by atoms with Crippen molar-refractivity contribution in [1.29, 1.82) is 0 Å². The number of nitrogens with zero attached hydrogens (tertiary/aromatic N) is 1. The van der Waals surface area contributed by atoms with Crippen LogP contribution in [-0.2, 0) is 10.5 Å². The SMILES string of the molecule is C=CCOc1ccc(/C=N/NC(=O)CSCc2ccccc2Br)cc1OC. The molecule has 0 saturated heterocycles. The molecular formula is C20H21BrN2O3S. The van der Waals surface area contributed by atoms with Gasteiger partial charge in [-0.3, -0.25) is 4.79 Å². The van der Waals surface area contributed by atoms with Crippen molar-refractivity contribution in [2.24, 2.45) is 5.10 Å². The van der Waals surface area contributed by atoms with Crippen LogP contribution in [0.2, 0.25) is 0 Å². The highest BCUT2D eigenvalue weighted by molar-refractivity contribution is 9.10. The van der Waals surface area contributed by atoms with Gasteiger partial charge in [0.1, 0.15) is 6.61 Å². The molecule has 0 radical (unpaired) electrons. The summed E-state index contributed by atoms with van der Waals surface area (Å²) in [7, 11) is 1.57. The summed E-state index contributed by atoms with van der Waals surface area (Å²) in [5, 5.41) is 3.99. The van der Waals surface area contributed by atoms with Crippen LogP contribution in [0.15, 0.2) is 64.7 Å². The quantitative estimate of drug-likeness (QED) is 0.332. The van der Waals surface area contributed by atoms with Crippen molar-refractivity contribution >= 4 is 39.8 Å². The number of carbonyl (C=O) groups is 1. The highest BCUT2D eigenvalue weighted by Crippen LogP contribution is 2.27. The largest absolute Gasteiger partial charge is 0.493 e. The molecular weight excluding hydrogens is 428 g/mol. The van der Waals surface area contributed by atoms with Crippen LogP contribution in [0.1, 0.15) is 11.1 Å². The van der Waals surface area contributed by atoms with Crippen LogP contribution in [0.3, 0.4) is 0 Å². The third-order valence-corrected chi connectivity index (χ3v) is 5.15. The average molecular weight is 449 g/mol. The van der Waals surface area contributed by atoms with Gasteiger partial charge in [0.25, 0.3) is 0 Å². The zero-order valence-electron chi connectivity index (χ0n) is 15.0. The Morgan fingerprint density at radius 2 is 2.11 bits per heavy atom. The van der Waals surface area contributed by atoms with Gasteiger partial charge >= 0.3 is 0 Å². The van der Waals surface area contributed by atoms with Gasteiger partial charge in [-0.25, -0.2) is 5.43 Å². The molecule has 0 aliphatic carbocycles. The molecule has 0 aromatic heterocycles. The number of amides is 1. The number of hydrogen-bond donors (Lipinski definition) is 1. The van der Waals surface area contributed by atoms with Crippen LogP contribution in [0.5, 0.6) is 11.5 Å². The first kappa shape index (κ1) is 21.1. The number of hydrazone groups is 1. The number of ether oxygens (including phenoxy) is 2. The summed E-state index contributed by atoms with van der Waals surface area (Å²) in [6.07, 6.45) is 3.23. The van der Waals surface area contributed by atoms with Gasteiger partial charge in [-0.2, -0.15) is 5.10 Å². The van der Waals surface area contributed by atoms with Crippen molar-refractivity contribution in [3.63, 3.8) is 0 Å². The van der Waals surface area contributed by atoms with Crippen molar-refractivity contribution < 1.29 is 14.3 Å². The van der Waals surface area contributed by atoms with Gasteiger partial charge in [0.05, 0.1) is 19.1 Å². The lowest BCUT2D eigenvalue weighted by molar-refractivity contribution is -0.118. The van der Waals surface area contributed by atoms with Crippen molar-refractivity contribution in [3.8, 4) is 11.5 Å². The molecule has 0 fully saturated rings. The molecule has 142 valence electrons. The molecule has 2 aromatic rings. The van der Waals surface area contributed by atoms with E-state index >= 15 is 0 Å². The molecule has 7 heteroatoms. The first-order chi connectivity index (χ1) is 13.1. The van der Waals surface area contributed by atoms with Crippen molar-refractivity contribution in [2.75, 3.05) is 19.5 Å². The molecule has 0 aliphatic heterocycles. The molecule has 0 bridgehead atoms. The first-order valence-electron chi connectivity index (χ1n) is 8.19. The predicted octanol–water partition coefficient (Wildman–Crippen LogP) is 4.41. The van der Waals surface area contributed by atoms with Crippen LogP contribution in [0, 0.1) is 0 Å². The lowest BCUT2D eigenvalue weighted by atomic mass is 10.2. The molecule has 0 saturated carbocycles. The van der Waals surface area contributed by atoms with Gasteiger partial charge in [-0.15, -0.1) is 11.8 Å². The molecule has 5 nitrogen and oxygen atoms in total. The fourth-order valence-corrected chi connectivity index (χ4v) is 3.55. The summed E-state index contributed by atoms with van der Waals surface area (Å²) in [5.74, 6) is 2.15. The van der Waals surface area contributed by atoms with Gasteiger partial charge in [0, 0.05) is 10.2 Å². The van der Waals surface area contributed by atoms with Gasteiger partial charge < -0.3 is 9.47 Å². The van der Waals surface area contributed by atoms with Gasteiger partial charge in [-0.05, 0) is 35.4 Å². The number of thioether (sulfide) groups is 1. The maximum atomic E-state index is 11.9. The summed E-state index contributed by atoms with van der Waals surface area (Å²) in [6, 6.07) is 13.4. The lowest BCUT2D eigenvalue weighted by Crippen LogP contribution is -2.19. The Bertz CT molecular complexity index is 812. The Labute approximate surface area is 172 Å². The normalized spacial score (nSPS) is 10.6. The average Bonchev–Trinajstić information content (AvgIpc) is 2.68. The molecule has 1 N–H and O–H groups in total. The maximum absolute atomic E-state index is 11.9. The molecule has 1 amide bonds. The Kier molecular flexibility index (Phi) is 8.94. The molecule has 2 rings (SSSR count). The summed E-state index contributed by atoms with van der Waals surface area (Å²) >= 11 is 5.03. The van der Waals surface area contributed by atoms with Crippen LogP contribution < -0.4 is 14.9 Å². The van der Waals surface area contributed by atoms with Gasteiger partial charge in [0.2, 0.25) is 5.91 Å². The first-order valence-corrected chi connectivity index (χ1v) is 10.1. The Balaban J connectivity index is 1.81. The number of benzene rings is 2. The summed E-state index contributed by atoms with van der Waals surface area (Å²) in [5.41, 5.74) is 4.48. The summed E-state index contributed by atoms with van der Waals surface area (Å²) < 4.78 is 11.8. The van der Waals surface area contributed by atoms with E-state index in [0.717, 1.165) is 21.4 Å². The van der Waals surface area contributed by atoms with Crippen molar-refractivity contribution in [1.82, 2.24) is 5.43 Å². The fraction of sp³-hybridized carbons (Fsp3) is 0.200. The number of hydrogen-bond acceptors (Lipinski definition) is 5. The molecule has 2 aromatic carbocycles. The predicted molar refractivity (Wildman–Crippen MR) is 115 cm³/mol. The minimum Gasteiger partial charge on any atom is -0.493 e. The molecule has 0 aliphatic rings. The molecule has 0 spiro atoms. The van der Waals surface area contributed by atoms with E-state index in [1.54, 1.807) is 31.5 Å². The van der Waals surface area contributed by atoms with E-state index in [2.05, 4.69) is 33.0 Å². The lowest BCUT2D eigenvalue weighted by Gasteiger charge is -2.09. The maximum Gasteiger partial charge on any atom is 0.250 e. The number of nitrogens with one attached hydrogen (secondary N) is 1. The van der Waals surface area contributed by atoms with E-state index in [4.69, 9.17) is 9.47 Å². The standard InChI is InChI=1S/C20H21BrN2O3S/c1-3-10-26-18-9-8-15(11-19(18)25-2)12-22-23-20(24)14-27-13-16-6-4-5-7-17(16)21/h3-9,11-12H,1,10,13-14H2,2H3,(H,23,24)/b22-12+. The smallest absolute Gasteiger partial charge is 0.250 e. The second-order valence-electron chi connectivity index (χ2n) is 5.39. The molecule has 0 atom stereocenters. The van der Waals surface area contributed by atoms with Crippen molar-refractivity contribution in [3.05, 3.63) is 70.7 Å². The Morgan fingerprint density at radius 3 is 2.85 bits per heavy atom. The van der Waals surface area contributed by atoms with E-state index in [9.17, 15) is 4.79 Å². The van der Waals surface area contributed by atoms with Gasteiger partial charge in [0.15, 0.2) is 11.5 Å². The Morgan fingerprint density at radius 1 is 1.30 bits per heavy atom. The minimum atomic E-state index is -0.152. The number of carbonyl (C=O) groups excluding carboxylic acids is 1. The van der Waals surface area contributed by atoms with E-state index < -0.39 is 0 Å². The third-order valence-electron chi connectivity index (χ3n) is 3.40. The summed E-state index contributed by atoms with van der Waals surface area (Å²) in [6.45, 7) is 4.02. The Hall–Kier alpha value is -2.25. The monoisotopic (exact) mass is 448 g/mol. The van der Waals surface area contributed by atoms with E-state index in [0.29, 0.717) is 23.9 Å². The second-order valence-corrected chi connectivity index (χ2v) is 7.23. The van der Waals surface area contributed by atoms with E-state index in [-0.39, 0.29) is 5.91 Å². The third kappa shape index (κ3) is 7.11. The van der Waals surface area contributed by atoms with E-state index in [1.165, 1.54) is 11.8 Å². The highest BCUT2D eigenvalue weighted by atomic mass is 79.9. The second kappa shape index (κ2) is 11.5. The highest BCUT2D eigenvalue weighted by Gasteiger charge is 2.05. The number of methoxy groups -OCH3 is 1. The fourth-order valence-electron chi connectivity index (χ4n) is 2.11. The summed E-state index contributed by atoms with van der Waals surface area (Å²) in [4.78, 5) is 11.9. The molecule has 27 heavy (non-hydrogen) atoms. The molecule has 0 heterocycles. The zero-order chi connectivity index (χ0) is 19.5. The zero-order valence-corrected chi connectivity index (χ0v) is 17.4. The topological polar surface area (TPSA) is 59.9 Å². The molecule has 0 unspecified atom stereocenters. The van der Waals surface area contributed by atoms with Crippen LogP contribution in [0.25, 0.3) is 0 Å². The van der Waals surface area contributed by atoms with Crippen LogP contribution >= 0.6 is 27.7 Å². The minimum absolute atomic E-state index is 0.152. The number of halogens is 1. The van der Waals surface area contributed by atoms with Crippen molar-refractivity contribution in [2.45, 2.75) is 5.75 Å². The van der Waals surface area contributed by atoms with Crippen LogP contribution in [-0.4, -0.2) is 31.6 Å².